The summed E-state index contributed by atoms with van der Waals surface area (Å²) in [6.45, 7) is 8.08. The van der Waals surface area contributed by atoms with E-state index in [-0.39, 0.29) is 0 Å². The lowest BCUT2D eigenvalue weighted by atomic mass is 10.4. The van der Waals surface area contributed by atoms with E-state index in [1.54, 1.807) is 6.26 Å². The monoisotopic (exact) mass is 140 g/mol. The van der Waals surface area contributed by atoms with Crippen LogP contribution in [0.1, 0.15) is 34.1 Å². The van der Waals surface area contributed by atoms with Crippen molar-refractivity contribution < 1.29 is 4.74 Å². The van der Waals surface area contributed by atoms with Gasteiger partial charge in [0.05, 0.1) is 12.0 Å². The molecule has 0 saturated carbocycles. The second-order valence-corrected chi connectivity index (χ2v) is 2.54. The SMILES string of the molecule is CC/C=C(\C)OC=C(C)C. The third kappa shape index (κ3) is 5.42. The van der Waals surface area contributed by atoms with Crippen LogP contribution in [0.2, 0.25) is 0 Å². The molecule has 0 saturated heterocycles. The first-order chi connectivity index (χ1) is 4.66. The molecule has 0 spiro atoms. The van der Waals surface area contributed by atoms with Gasteiger partial charge in [-0.25, -0.2) is 0 Å². The molecule has 0 bridgehead atoms. The van der Waals surface area contributed by atoms with E-state index in [4.69, 9.17) is 4.74 Å². The predicted molar refractivity (Wildman–Crippen MR) is 44.6 cm³/mol. The molecule has 0 fully saturated rings. The Labute approximate surface area is 63.4 Å². The van der Waals surface area contributed by atoms with E-state index < -0.39 is 0 Å². The molecule has 0 amide bonds. The zero-order valence-electron chi connectivity index (χ0n) is 7.27. The van der Waals surface area contributed by atoms with Crippen molar-refractivity contribution >= 4 is 0 Å². The third-order valence-corrected chi connectivity index (χ3v) is 0.972. The van der Waals surface area contributed by atoms with Gasteiger partial charge in [-0.1, -0.05) is 6.92 Å². The molecule has 0 unspecified atom stereocenters. The zero-order chi connectivity index (χ0) is 7.98. The van der Waals surface area contributed by atoms with Crippen molar-refractivity contribution in [2.45, 2.75) is 34.1 Å². The van der Waals surface area contributed by atoms with Crippen LogP contribution in [0.5, 0.6) is 0 Å². The Balaban J connectivity index is 3.69. The summed E-state index contributed by atoms with van der Waals surface area (Å²) in [4.78, 5) is 0. The lowest BCUT2D eigenvalue weighted by Crippen LogP contribution is -1.78. The van der Waals surface area contributed by atoms with Gasteiger partial charge in [-0.3, -0.25) is 0 Å². The molecule has 58 valence electrons. The average Bonchev–Trinajstić information content (AvgIpc) is 1.85. The van der Waals surface area contributed by atoms with Crippen molar-refractivity contribution in [3.05, 3.63) is 23.7 Å². The lowest BCUT2D eigenvalue weighted by Gasteiger charge is -1.98. The van der Waals surface area contributed by atoms with Gasteiger partial charge in [0.25, 0.3) is 0 Å². The molecular weight excluding hydrogens is 124 g/mol. The van der Waals surface area contributed by atoms with E-state index in [2.05, 4.69) is 13.0 Å². The van der Waals surface area contributed by atoms with Gasteiger partial charge in [0.15, 0.2) is 0 Å². The summed E-state index contributed by atoms with van der Waals surface area (Å²) in [6, 6.07) is 0. The highest BCUT2D eigenvalue weighted by atomic mass is 16.5. The van der Waals surface area contributed by atoms with Crippen molar-refractivity contribution in [3.8, 4) is 0 Å². The molecule has 0 N–H and O–H groups in total. The third-order valence-electron chi connectivity index (χ3n) is 0.972. The minimum atomic E-state index is 0.976. The molecule has 0 aromatic carbocycles. The van der Waals surface area contributed by atoms with E-state index in [0.717, 1.165) is 12.2 Å². The Hall–Kier alpha value is -0.720. The van der Waals surface area contributed by atoms with Crippen LogP contribution < -0.4 is 0 Å². The Morgan fingerprint density at radius 1 is 1.30 bits per heavy atom. The van der Waals surface area contributed by atoms with Gasteiger partial charge >= 0.3 is 0 Å². The van der Waals surface area contributed by atoms with Crippen LogP contribution in [-0.4, -0.2) is 0 Å². The van der Waals surface area contributed by atoms with Crippen LogP contribution in [0.15, 0.2) is 23.7 Å². The summed E-state index contributed by atoms with van der Waals surface area (Å²) in [6.07, 6.45) is 4.85. The van der Waals surface area contributed by atoms with E-state index in [1.165, 1.54) is 5.57 Å². The first-order valence-electron chi connectivity index (χ1n) is 3.63. The number of ether oxygens (including phenoxy) is 1. The van der Waals surface area contributed by atoms with E-state index in [0.29, 0.717) is 0 Å². The highest BCUT2D eigenvalue weighted by Crippen LogP contribution is 2.00. The van der Waals surface area contributed by atoms with Crippen LogP contribution in [0.4, 0.5) is 0 Å². The molecule has 0 atom stereocenters. The Morgan fingerprint density at radius 2 is 1.90 bits per heavy atom. The molecule has 0 aromatic rings. The molecule has 0 aliphatic carbocycles. The minimum Gasteiger partial charge on any atom is -0.470 e. The Bertz CT molecular complexity index is 139. The van der Waals surface area contributed by atoms with Crippen LogP contribution in [-0.2, 0) is 4.74 Å². The first-order valence-corrected chi connectivity index (χ1v) is 3.63. The quantitative estimate of drug-likeness (QED) is 0.547. The summed E-state index contributed by atoms with van der Waals surface area (Å²) in [5.41, 5.74) is 1.18. The fourth-order valence-electron chi connectivity index (χ4n) is 0.546. The normalized spacial score (nSPS) is 11.0. The summed E-state index contributed by atoms with van der Waals surface area (Å²) in [5.74, 6) is 0.976. The van der Waals surface area contributed by atoms with Gasteiger partial charge in [-0.15, -0.1) is 0 Å². The molecule has 0 aliphatic rings. The second kappa shape index (κ2) is 5.10. The average molecular weight is 140 g/mol. The summed E-state index contributed by atoms with van der Waals surface area (Å²) < 4.78 is 5.24. The Morgan fingerprint density at radius 3 is 2.30 bits per heavy atom. The van der Waals surface area contributed by atoms with E-state index >= 15 is 0 Å². The van der Waals surface area contributed by atoms with Crippen molar-refractivity contribution in [1.82, 2.24) is 0 Å². The van der Waals surface area contributed by atoms with Gasteiger partial charge in [0.2, 0.25) is 0 Å². The maximum atomic E-state index is 5.24. The first kappa shape index (κ1) is 9.28. The molecule has 1 heteroatoms. The van der Waals surface area contributed by atoms with Gasteiger partial charge in [0.1, 0.15) is 0 Å². The van der Waals surface area contributed by atoms with Gasteiger partial charge in [0, 0.05) is 0 Å². The zero-order valence-corrected chi connectivity index (χ0v) is 7.27. The van der Waals surface area contributed by atoms with Crippen LogP contribution >= 0.6 is 0 Å². The van der Waals surface area contributed by atoms with Gasteiger partial charge < -0.3 is 4.74 Å². The topological polar surface area (TPSA) is 9.23 Å². The highest BCUT2D eigenvalue weighted by Gasteiger charge is 1.83. The number of hydrogen-bond acceptors (Lipinski definition) is 1. The Kier molecular flexibility index (Phi) is 4.73. The lowest BCUT2D eigenvalue weighted by molar-refractivity contribution is 0.347. The van der Waals surface area contributed by atoms with Gasteiger partial charge in [-0.05, 0) is 38.8 Å². The van der Waals surface area contributed by atoms with Crippen molar-refractivity contribution in [2.24, 2.45) is 0 Å². The molecule has 1 nitrogen and oxygen atoms in total. The van der Waals surface area contributed by atoms with E-state index in [9.17, 15) is 0 Å². The fourth-order valence-corrected chi connectivity index (χ4v) is 0.546. The van der Waals surface area contributed by atoms with E-state index in [1.807, 2.05) is 20.8 Å². The van der Waals surface area contributed by atoms with Gasteiger partial charge in [-0.2, -0.15) is 0 Å². The van der Waals surface area contributed by atoms with Crippen molar-refractivity contribution in [3.63, 3.8) is 0 Å². The van der Waals surface area contributed by atoms with Crippen LogP contribution in [0.3, 0.4) is 0 Å². The maximum Gasteiger partial charge on any atom is 0.0961 e. The second-order valence-electron chi connectivity index (χ2n) is 2.54. The molecule has 0 aliphatic heterocycles. The number of rotatable bonds is 3. The largest absolute Gasteiger partial charge is 0.470 e. The summed E-state index contributed by atoms with van der Waals surface area (Å²) >= 11 is 0. The molecule has 10 heavy (non-hydrogen) atoms. The molecule has 0 heterocycles. The highest BCUT2D eigenvalue weighted by molar-refractivity contribution is 4.94. The minimum absolute atomic E-state index is 0.976. The summed E-state index contributed by atoms with van der Waals surface area (Å²) in [5, 5.41) is 0. The predicted octanol–water partition coefficient (Wildman–Crippen LogP) is 3.24. The number of hydrogen-bond donors (Lipinski definition) is 0. The van der Waals surface area contributed by atoms with Crippen LogP contribution in [0, 0.1) is 0 Å². The molecule has 0 radical (unpaired) electrons. The maximum absolute atomic E-state index is 5.24. The molecular formula is C9H16O. The summed E-state index contributed by atoms with van der Waals surface area (Å²) in [7, 11) is 0. The molecule has 0 aromatic heterocycles. The smallest absolute Gasteiger partial charge is 0.0961 e. The van der Waals surface area contributed by atoms with Crippen molar-refractivity contribution in [2.75, 3.05) is 0 Å². The van der Waals surface area contributed by atoms with Crippen LogP contribution in [0.25, 0.3) is 0 Å². The number of allylic oxidation sites excluding steroid dienone is 3. The van der Waals surface area contributed by atoms with Crippen molar-refractivity contribution in [1.29, 1.82) is 0 Å². The molecule has 0 rings (SSSR count). The standard InChI is InChI=1S/C9H16O/c1-5-6-9(4)10-7-8(2)3/h6-7H,5H2,1-4H3/b9-6+. The fraction of sp³-hybridized carbons (Fsp3) is 0.556.